The summed E-state index contributed by atoms with van der Waals surface area (Å²) < 4.78 is 35.0. The summed E-state index contributed by atoms with van der Waals surface area (Å²) in [6.45, 7) is 0.801. The van der Waals surface area contributed by atoms with Crippen molar-refractivity contribution in [3.63, 3.8) is 0 Å². The SMILES string of the molecule is O=P(O)(O)CP(=O)(O)OCC1OC(n2cnc3c(N4CCC5(CC4)Cc4ccccc4C5)nc(Cl)nc32)C(O)C1O. The van der Waals surface area contributed by atoms with E-state index in [1.807, 2.05) is 0 Å². The third-order valence-electron chi connectivity index (χ3n) is 8.16. The van der Waals surface area contributed by atoms with Crippen LogP contribution in [0.15, 0.2) is 30.6 Å². The lowest BCUT2D eigenvalue weighted by atomic mass is 9.76. The zero-order chi connectivity index (χ0) is 29.2. The van der Waals surface area contributed by atoms with Gasteiger partial charge in [-0.1, -0.05) is 24.3 Å². The zero-order valence-electron chi connectivity index (χ0n) is 21.7. The Hall–Kier alpha value is -1.96. The molecule has 222 valence electrons. The molecule has 2 aromatic heterocycles. The van der Waals surface area contributed by atoms with Crippen LogP contribution in [0, 0.1) is 5.41 Å². The van der Waals surface area contributed by atoms with E-state index in [2.05, 4.69) is 44.1 Å². The third kappa shape index (κ3) is 5.83. The highest BCUT2D eigenvalue weighted by Crippen LogP contribution is 2.55. The van der Waals surface area contributed by atoms with Gasteiger partial charge in [0.05, 0.1) is 12.9 Å². The van der Waals surface area contributed by atoms with Crippen LogP contribution >= 0.6 is 26.8 Å². The van der Waals surface area contributed by atoms with E-state index in [9.17, 15) is 24.2 Å². The molecule has 17 heteroatoms. The predicted molar refractivity (Wildman–Crippen MR) is 147 cm³/mol. The van der Waals surface area contributed by atoms with Crippen LogP contribution in [0.3, 0.4) is 0 Å². The van der Waals surface area contributed by atoms with E-state index in [4.69, 9.17) is 30.6 Å². The van der Waals surface area contributed by atoms with Crippen LogP contribution < -0.4 is 4.90 Å². The molecule has 1 aliphatic carbocycles. The number of rotatable bonds is 7. The molecule has 0 saturated carbocycles. The van der Waals surface area contributed by atoms with Crippen molar-refractivity contribution in [1.29, 1.82) is 0 Å². The van der Waals surface area contributed by atoms with Gasteiger partial charge in [-0.15, -0.1) is 0 Å². The molecule has 4 heterocycles. The van der Waals surface area contributed by atoms with Gasteiger partial charge >= 0.3 is 15.2 Å². The molecule has 2 fully saturated rings. The number of nitrogens with zero attached hydrogens (tertiary/aromatic N) is 5. The zero-order valence-corrected chi connectivity index (χ0v) is 24.3. The molecular formula is C24H30ClN5O9P2. The van der Waals surface area contributed by atoms with Crippen molar-refractivity contribution in [3.8, 4) is 0 Å². The maximum Gasteiger partial charge on any atom is 0.340 e. The maximum atomic E-state index is 12.0. The molecule has 14 nitrogen and oxygen atoms in total. The number of piperidine rings is 1. The van der Waals surface area contributed by atoms with Gasteiger partial charge in [0.1, 0.15) is 18.3 Å². The van der Waals surface area contributed by atoms with Crippen molar-refractivity contribution in [2.75, 3.05) is 30.5 Å². The van der Waals surface area contributed by atoms with Gasteiger partial charge in [0.25, 0.3) is 0 Å². The maximum absolute atomic E-state index is 12.0. The molecule has 0 amide bonds. The predicted octanol–water partition coefficient (Wildman–Crippen LogP) is 1.82. The Morgan fingerprint density at radius 1 is 1.05 bits per heavy atom. The minimum atomic E-state index is -4.83. The fourth-order valence-electron chi connectivity index (χ4n) is 6.16. The lowest BCUT2D eigenvalue weighted by molar-refractivity contribution is -0.0483. The minimum absolute atomic E-state index is 0.0330. The van der Waals surface area contributed by atoms with Gasteiger partial charge in [-0.05, 0) is 53.8 Å². The summed E-state index contributed by atoms with van der Waals surface area (Å²) in [5.74, 6) is -0.834. The van der Waals surface area contributed by atoms with Crippen LogP contribution in [0.2, 0.25) is 5.28 Å². The number of aromatic nitrogens is 4. The van der Waals surface area contributed by atoms with E-state index in [1.165, 1.54) is 22.0 Å². The van der Waals surface area contributed by atoms with Crippen LogP contribution in [0.1, 0.15) is 30.2 Å². The fraction of sp³-hybridized carbons (Fsp3) is 0.542. The molecule has 2 aliphatic heterocycles. The Morgan fingerprint density at radius 2 is 1.71 bits per heavy atom. The molecule has 6 rings (SSSR count). The summed E-state index contributed by atoms with van der Waals surface area (Å²) >= 11 is 6.32. The van der Waals surface area contributed by atoms with E-state index in [0.29, 0.717) is 11.3 Å². The van der Waals surface area contributed by atoms with Gasteiger partial charge in [-0.2, -0.15) is 9.97 Å². The first-order valence-electron chi connectivity index (χ1n) is 13.1. The Morgan fingerprint density at radius 3 is 2.34 bits per heavy atom. The Bertz CT molecular complexity index is 1530. The summed E-state index contributed by atoms with van der Waals surface area (Å²) in [6, 6.07) is 8.57. The summed E-state index contributed by atoms with van der Waals surface area (Å²) in [6.07, 6.45) is -0.0933. The summed E-state index contributed by atoms with van der Waals surface area (Å²) in [7, 11) is -9.52. The second-order valence-electron chi connectivity index (χ2n) is 11.0. The number of hydrogen-bond donors (Lipinski definition) is 5. The number of imidazole rings is 1. The molecule has 1 spiro atoms. The van der Waals surface area contributed by atoms with E-state index in [1.54, 1.807) is 0 Å². The van der Waals surface area contributed by atoms with Crippen LogP contribution in [0.4, 0.5) is 5.82 Å². The first-order chi connectivity index (χ1) is 19.3. The third-order valence-corrected chi connectivity index (χ3v) is 11.8. The molecule has 3 aliphatic rings. The number of hydrogen-bond acceptors (Lipinski definition) is 10. The average Bonchev–Trinajstić information content (AvgIpc) is 3.55. The molecule has 5 N–H and O–H groups in total. The summed E-state index contributed by atoms with van der Waals surface area (Å²) in [4.78, 5) is 43.1. The van der Waals surface area contributed by atoms with Gasteiger partial charge in [0, 0.05) is 13.1 Å². The number of fused-ring (bicyclic) bond motifs is 2. The first kappa shape index (κ1) is 29.1. The number of ether oxygens (including phenoxy) is 1. The van der Waals surface area contributed by atoms with Crippen LogP contribution in [0.25, 0.3) is 11.2 Å². The summed E-state index contributed by atoms with van der Waals surface area (Å²) in [5.41, 5.74) is 3.75. The van der Waals surface area contributed by atoms with Crippen molar-refractivity contribution < 1.29 is 43.3 Å². The molecular weight excluding hydrogens is 600 g/mol. The van der Waals surface area contributed by atoms with E-state index in [-0.39, 0.29) is 16.3 Å². The minimum Gasteiger partial charge on any atom is -0.387 e. The molecule has 3 aromatic rings. The van der Waals surface area contributed by atoms with Crippen molar-refractivity contribution in [3.05, 3.63) is 47.0 Å². The van der Waals surface area contributed by atoms with Gasteiger partial charge in [-0.3, -0.25) is 13.7 Å². The van der Waals surface area contributed by atoms with Crippen LogP contribution in [-0.2, 0) is 31.2 Å². The lowest BCUT2D eigenvalue weighted by Crippen LogP contribution is -2.41. The van der Waals surface area contributed by atoms with Crippen LogP contribution in [0.5, 0.6) is 0 Å². The van der Waals surface area contributed by atoms with Crippen LogP contribution in [-0.4, -0.2) is 88.3 Å². The number of halogens is 1. The molecule has 1 aromatic carbocycles. The first-order valence-corrected chi connectivity index (χ1v) is 17.0. The average molecular weight is 630 g/mol. The highest BCUT2D eigenvalue weighted by molar-refractivity contribution is 7.70. The fourth-order valence-corrected chi connectivity index (χ4v) is 8.89. The smallest absolute Gasteiger partial charge is 0.340 e. The second-order valence-corrected chi connectivity index (χ2v) is 15.4. The van der Waals surface area contributed by atoms with Gasteiger partial charge < -0.3 is 39.1 Å². The van der Waals surface area contributed by atoms with Crippen molar-refractivity contribution in [2.24, 2.45) is 5.41 Å². The Balaban J connectivity index is 1.18. The highest BCUT2D eigenvalue weighted by Gasteiger charge is 2.46. The van der Waals surface area contributed by atoms with E-state index >= 15 is 0 Å². The van der Waals surface area contributed by atoms with E-state index < -0.39 is 52.2 Å². The quantitative estimate of drug-likeness (QED) is 0.187. The Kier molecular flexibility index (Phi) is 7.56. The molecule has 5 atom stereocenters. The number of aliphatic hydroxyl groups excluding tert-OH is 2. The van der Waals surface area contributed by atoms with Gasteiger partial charge in [0.2, 0.25) is 5.28 Å². The van der Waals surface area contributed by atoms with Gasteiger partial charge in [0.15, 0.2) is 29.1 Å². The van der Waals surface area contributed by atoms with Crippen molar-refractivity contribution in [2.45, 2.75) is 50.2 Å². The lowest BCUT2D eigenvalue weighted by Gasteiger charge is -2.40. The van der Waals surface area contributed by atoms with E-state index in [0.717, 1.165) is 38.8 Å². The molecule has 5 unspecified atom stereocenters. The van der Waals surface area contributed by atoms with Gasteiger partial charge in [-0.25, -0.2) is 4.98 Å². The number of anilines is 1. The molecule has 0 bridgehead atoms. The standard InChI is InChI=1S/C24H30ClN5O9P2/c25-23-27-20(29-7-5-24(6-8-29)9-14-3-1-2-4-15(14)10-24)17-21(28-23)30(12-26-17)22-19(32)18(31)16(39-22)11-38-41(36,37)13-40(33,34)35/h1-4,12,16,18-19,22,31-32H,5-11,13H2,(H,36,37)(H2,33,34,35). The Labute approximate surface area is 239 Å². The van der Waals surface area contributed by atoms with Crippen molar-refractivity contribution >= 4 is 43.8 Å². The normalized spacial score (nSPS) is 27.4. The number of aliphatic hydroxyl groups is 2. The highest BCUT2D eigenvalue weighted by atomic mass is 35.5. The largest absolute Gasteiger partial charge is 0.387 e. The monoisotopic (exact) mass is 629 g/mol. The number of benzene rings is 1. The molecule has 0 radical (unpaired) electrons. The molecule has 2 saturated heterocycles. The van der Waals surface area contributed by atoms with Crippen molar-refractivity contribution in [1.82, 2.24) is 19.5 Å². The topological polar surface area (TPSA) is 201 Å². The second kappa shape index (κ2) is 10.6. The molecule has 41 heavy (non-hydrogen) atoms. The summed E-state index contributed by atoms with van der Waals surface area (Å²) in [5, 5.41) is 21.2.